The molecule has 0 radical (unpaired) electrons. The van der Waals surface area contributed by atoms with Crippen molar-refractivity contribution in [2.45, 2.75) is 13.1 Å². The number of hydrogen-bond donors (Lipinski definition) is 1. The van der Waals surface area contributed by atoms with Crippen molar-refractivity contribution in [1.82, 2.24) is 9.78 Å². The molecule has 0 aliphatic rings. The summed E-state index contributed by atoms with van der Waals surface area (Å²) in [6.45, 7) is 0.821. The van der Waals surface area contributed by atoms with E-state index in [2.05, 4.69) is 21.0 Å². The fourth-order valence-corrected chi connectivity index (χ4v) is 1.80. The third-order valence-electron chi connectivity index (χ3n) is 2.28. The van der Waals surface area contributed by atoms with Crippen LogP contribution in [0.1, 0.15) is 11.1 Å². The summed E-state index contributed by atoms with van der Waals surface area (Å²) in [6.07, 6.45) is 3.47. The van der Waals surface area contributed by atoms with Crippen molar-refractivity contribution in [1.29, 1.82) is 0 Å². The van der Waals surface area contributed by atoms with E-state index in [1.54, 1.807) is 29.2 Å². The lowest BCUT2D eigenvalue weighted by Gasteiger charge is -2.05. The van der Waals surface area contributed by atoms with E-state index >= 15 is 0 Å². The van der Waals surface area contributed by atoms with E-state index in [0.717, 1.165) is 10.0 Å². The SMILES string of the molecule is NCc1ccc(F)c(Cn2cc(Br)cn2)c1. The van der Waals surface area contributed by atoms with Crippen molar-refractivity contribution >= 4 is 15.9 Å². The second-order valence-corrected chi connectivity index (χ2v) is 4.40. The smallest absolute Gasteiger partial charge is 0.128 e. The van der Waals surface area contributed by atoms with Crippen LogP contribution in [0.3, 0.4) is 0 Å². The van der Waals surface area contributed by atoms with Crippen LogP contribution in [0.15, 0.2) is 35.1 Å². The molecule has 1 aromatic heterocycles. The third kappa shape index (κ3) is 2.48. The number of halogens is 2. The van der Waals surface area contributed by atoms with Crippen molar-refractivity contribution < 1.29 is 4.39 Å². The maximum atomic E-state index is 13.5. The molecule has 0 atom stereocenters. The molecule has 16 heavy (non-hydrogen) atoms. The Morgan fingerprint density at radius 2 is 2.25 bits per heavy atom. The summed E-state index contributed by atoms with van der Waals surface area (Å²) in [5.41, 5.74) is 7.03. The average molecular weight is 284 g/mol. The molecule has 0 amide bonds. The lowest BCUT2D eigenvalue weighted by molar-refractivity contribution is 0.584. The molecule has 0 saturated carbocycles. The van der Waals surface area contributed by atoms with Gasteiger partial charge in [0.15, 0.2) is 0 Å². The Balaban J connectivity index is 2.26. The molecular weight excluding hydrogens is 273 g/mol. The lowest BCUT2D eigenvalue weighted by atomic mass is 10.1. The zero-order valence-electron chi connectivity index (χ0n) is 8.53. The van der Waals surface area contributed by atoms with E-state index in [0.29, 0.717) is 18.7 Å². The van der Waals surface area contributed by atoms with Crippen molar-refractivity contribution in [2.24, 2.45) is 5.73 Å². The van der Waals surface area contributed by atoms with Gasteiger partial charge < -0.3 is 5.73 Å². The van der Waals surface area contributed by atoms with E-state index in [1.165, 1.54) is 6.07 Å². The Hall–Kier alpha value is -1.20. The minimum atomic E-state index is -0.233. The number of hydrogen-bond acceptors (Lipinski definition) is 2. The normalized spacial score (nSPS) is 10.7. The number of aromatic nitrogens is 2. The van der Waals surface area contributed by atoms with Crippen LogP contribution in [-0.4, -0.2) is 9.78 Å². The van der Waals surface area contributed by atoms with Gasteiger partial charge in [-0.2, -0.15) is 5.10 Å². The van der Waals surface area contributed by atoms with E-state index < -0.39 is 0 Å². The number of nitrogens with two attached hydrogens (primary N) is 1. The standard InChI is InChI=1S/C11H11BrFN3/c12-10-5-15-16(7-10)6-9-3-8(4-14)1-2-11(9)13/h1-3,5,7H,4,6,14H2. The second-order valence-electron chi connectivity index (χ2n) is 3.49. The summed E-state index contributed by atoms with van der Waals surface area (Å²) < 4.78 is 16.1. The van der Waals surface area contributed by atoms with Crippen LogP contribution in [-0.2, 0) is 13.1 Å². The van der Waals surface area contributed by atoms with Gasteiger partial charge in [0.1, 0.15) is 5.82 Å². The molecular formula is C11H11BrFN3. The van der Waals surface area contributed by atoms with Crippen LogP contribution in [0.25, 0.3) is 0 Å². The molecule has 1 aromatic carbocycles. The summed E-state index contributed by atoms with van der Waals surface area (Å²) in [5.74, 6) is -0.233. The van der Waals surface area contributed by atoms with Gasteiger partial charge in [-0.05, 0) is 33.6 Å². The number of benzene rings is 1. The fourth-order valence-electron chi connectivity index (χ4n) is 1.48. The first-order chi connectivity index (χ1) is 7.69. The van der Waals surface area contributed by atoms with Gasteiger partial charge in [-0.3, -0.25) is 4.68 Å². The lowest BCUT2D eigenvalue weighted by Crippen LogP contribution is -2.04. The predicted octanol–water partition coefficient (Wildman–Crippen LogP) is 2.29. The first kappa shape index (κ1) is 11.3. The molecule has 0 saturated heterocycles. The molecule has 0 aliphatic carbocycles. The highest BCUT2D eigenvalue weighted by atomic mass is 79.9. The Kier molecular flexibility index (Phi) is 3.36. The predicted molar refractivity (Wildman–Crippen MR) is 63.3 cm³/mol. The molecule has 0 aliphatic heterocycles. The highest BCUT2D eigenvalue weighted by Crippen LogP contribution is 2.13. The number of nitrogens with zero attached hydrogens (tertiary/aromatic N) is 2. The molecule has 2 N–H and O–H groups in total. The van der Waals surface area contributed by atoms with Crippen molar-refractivity contribution in [3.8, 4) is 0 Å². The topological polar surface area (TPSA) is 43.8 Å². The van der Waals surface area contributed by atoms with Crippen LogP contribution >= 0.6 is 15.9 Å². The minimum Gasteiger partial charge on any atom is -0.326 e. The van der Waals surface area contributed by atoms with Gasteiger partial charge in [0.25, 0.3) is 0 Å². The van der Waals surface area contributed by atoms with Gasteiger partial charge in [0.05, 0.1) is 17.2 Å². The van der Waals surface area contributed by atoms with Crippen LogP contribution in [0, 0.1) is 5.82 Å². The zero-order chi connectivity index (χ0) is 11.5. The summed E-state index contributed by atoms with van der Waals surface area (Å²) in [4.78, 5) is 0. The Morgan fingerprint density at radius 1 is 1.44 bits per heavy atom. The molecule has 0 bridgehead atoms. The second kappa shape index (κ2) is 4.76. The fraction of sp³-hybridized carbons (Fsp3) is 0.182. The Labute approximate surface area is 101 Å². The van der Waals surface area contributed by atoms with Crippen LogP contribution < -0.4 is 5.73 Å². The van der Waals surface area contributed by atoms with E-state index in [1.807, 2.05) is 0 Å². The Bertz CT molecular complexity index is 496. The molecule has 2 aromatic rings. The average Bonchev–Trinajstić information content (AvgIpc) is 2.67. The summed E-state index contributed by atoms with van der Waals surface area (Å²) in [7, 11) is 0. The first-order valence-corrected chi connectivity index (χ1v) is 5.63. The van der Waals surface area contributed by atoms with Crippen LogP contribution in [0.2, 0.25) is 0 Å². The summed E-state index contributed by atoms with van der Waals surface area (Å²) >= 11 is 3.30. The number of rotatable bonds is 3. The first-order valence-electron chi connectivity index (χ1n) is 4.84. The molecule has 5 heteroatoms. The Morgan fingerprint density at radius 3 is 2.88 bits per heavy atom. The zero-order valence-corrected chi connectivity index (χ0v) is 10.1. The van der Waals surface area contributed by atoms with Crippen molar-refractivity contribution in [2.75, 3.05) is 0 Å². The largest absolute Gasteiger partial charge is 0.326 e. The highest BCUT2D eigenvalue weighted by Gasteiger charge is 2.05. The molecule has 0 fully saturated rings. The van der Waals surface area contributed by atoms with Crippen LogP contribution in [0.5, 0.6) is 0 Å². The maximum Gasteiger partial charge on any atom is 0.128 e. The molecule has 2 rings (SSSR count). The van der Waals surface area contributed by atoms with Gasteiger partial charge in [-0.15, -0.1) is 0 Å². The van der Waals surface area contributed by atoms with E-state index in [9.17, 15) is 4.39 Å². The van der Waals surface area contributed by atoms with E-state index in [4.69, 9.17) is 5.73 Å². The molecule has 0 unspecified atom stereocenters. The highest BCUT2D eigenvalue weighted by molar-refractivity contribution is 9.10. The molecule has 3 nitrogen and oxygen atoms in total. The maximum absolute atomic E-state index is 13.5. The molecule has 84 valence electrons. The van der Waals surface area contributed by atoms with Gasteiger partial charge in [-0.1, -0.05) is 6.07 Å². The van der Waals surface area contributed by atoms with Gasteiger partial charge in [0.2, 0.25) is 0 Å². The van der Waals surface area contributed by atoms with Crippen molar-refractivity contribution in [3.05, 3.63) is 52.0 Å². The minimum absolute atomic E-state index is 0.233. The molecule has 1 heterocycles. The van der Waals surface area contributed by atoms with Crippen LogP contribution in [0.4, 0.5) is 4.39 Å². The van der Waals surface area contributed by atoms with Gasteiger partial charge >= 0.3 is 0 Å². The third-order valence-corrected chi connectivity index (χ3v) is 2.69. The van der Waals surface area contributed by atoms with E-state index in [-0.39, 0.29) is 5.82 Å². The van der Waals surface area contributed by atoms with Gasteiger partial charge in [-0.25, -0.2) is 4.39 Å². The van der Waals surface area contributed by atoms with Gasteiger partial charge in [0, 0.05) is 18.3 Å². The van der Waals surface area contributed by atoms with Crippen molar-refractivity contribution in [3.63, 3.8) is 0 Å². The monoisotopic (exact) mass is 283 g/mol. The quantitative estimate of drug-likeness (QED) is 0.939. The summed E-state index contributed by atoms with van der Waals surface area (Å²) in [6, 6.07) is 4.90. The summed E-state index contributed by atoms with van der Waals surface area (Å²) in [5, 5.41) is 4.08. The molecule has 0 spiro atoms.